The maximum atomic E-state index is 4.46. The Labute approximate surface area is 123 Å². The Morgan fingerprint density at radius 1 is 0.952 bits per heavy atom. The summed E-state index contributed by atoms with van der Waals surface area (Å²) in [4.78, 5) is 4.46. The number of benzene rings is 2. The number of rotatable bonds is 3. The van der Waals surface area contributed by atoms with Crippen LogP contribution >= 0.6 is 0 Å². The van der Waals surface area contributed by atoms with Gasteiger partial charge in [0, 0.05) is 30.7 Å². The zero-order valence-electron chi connectivity index (χ0n) is 12.0. The fourth-order valence-corrected chi connectivity index (χ4v) is 3.05. The van der Waals surface area contributed by atoms with Crippen molar-refractivity contribution in [2.24, 2.45) is 7.05 Å². The predicted molar refractivity (Wildman–Crippen MR) is 86.4 cm³/mol. The van der Waals surface area contributed by atoms with Crippen molar-refractivity contribution in [1.29, 1.82) is 0 Å². The molecular formula is C18H17N3. The van der Waals surface area contributed by atoms with Crippen molar-refractivity contribution in [1.82, 2.24) is 14.1 Å². The number of para-hydroxylation sites is 3. The Kier molecular flexibility index (Phi) is 2.78. The molecule has 104 valence electrons. The molecule has 3 nitrogen and oxygen atoms in total. The summed E-state index contributed by atoms with van der Waals surface area (Å²) in [6, 6.07) is 16.9. The van der Waals surface area contributed by atoms with Crippen LogP contribution in [0.3, 0.4) is 0 Å². The van der Waals surface area contributed by atoms with Crippen LogP contribution in [0.1, 0.15) is 5.56 Å². The second-order valence-electron chi connectivity index (χ2n) is 5.46. The lowest BCUT2D eigenvalue weighted by atomic mass is 10.1. The number of fused-ring (bicyclic) bond motifs is 2. The molecule has 0 saturated heterocycles. The molecule has 21 heavy (non-hydrogen) atoms. The minimum atomic E-state index is 0.953. The SMILES string of the molecule is Cn1cc(CCn2cnc3ccccc32)c2ccccc21. The topological polar surface area (TPSA) is 22.8 Å². The largest absolute Gasteiger partial charge is 0.350 e. The summed E-state index contributed by atoms with van der Waals surface area (Å²) in [5.74, 6) is 0. The van der Waals surface area contributed by atoms with Crippen molar-refractivity contribution in [3.05, 3.63) is 66.6 Å². The predicted octanol–water partition coefficient (Wildman–Crippen LogP) is 3.77. The number of aromatic nitrogens is 3. The molecule has 0 bridgehead atoms. The Bertz CT molecular complexity index is 914. The first-order valence-electron chi connectivity index (χ1n) is 7.26. The van der Waals surface area contributed by atoms with Crippen LogP contribution in [0, 0.1) is 0 Å². The average molecular weight is 275 g/mol. The van der Waals surface area contributed by atoms with Crippen molar-refractivity contribution >= 4 is 21.9 Å². The van der Waals surface area contributed by atoms with E-state index in [-0.39, 0.29) is 0 Å². The molecule has 2 aromatic carbocycles. The van der Waals surface area contributed by atoms with Gasteiger partial charge in [-0.15, -0.1) is 0 Å². The van der Waals surface area contributed by atoms with Crippen molar-refractivity contribution in [3.63, 3.8) is 0 Å². The average Bonchev–Trinajstić information content (AvgIpc) is 3.08. The lowest BCUT2D eigenvalue weighted by Crippen LogP contribution is -1.99. The molecule has 0 fully saturated rings. The highest BCUT2D eigenvalue weighted by atomic mass is 15.0. The van der Waals surface area contributed by atoms with E-state index in [4.69, 9.17) is 0 Å². The minimum absolute atomic E-state index is 0.953. The number of hydrogen-bond donors (Lipinski definition) is 0. The van der Waals surface area contributed by atoms with Gasteiger partial charge >= 0.3 is 0 Å². The van der Waals surface area contributed by atoms with Crippen LogP contribution in [-0.2, 0) is 20.0 Å². The minimum Gasteiger partial charge on any atom is -0.350 e. The molecule has 2 aromatic heterocycles. The second kappa shape index (κ2) is 4.77. The Hall–Kier alpha value is -2.55. The molecule has 0 aliphatic heterocycles. The molecule has 0 aliphatic rings. The Balaban J connectivity index is 1.67. The Morgan fingerprint density at radius 3 is 2.62 bits per heavy atom. The zero-order valence-corrected chi connectivity index (χ0v) is 12.0. The normalized spacial score (nSPS) is 11.5. The van der Waals surface area contributed by atoms with E-state index >= 15 is 0 Å². The van der Waals surface area contributed by atoms with E-state index in [0.717, 1.165) is 18.5 Å². The van der Waals surface area contributed by atoms with Gasteiger partial charge in [0.2, 0.25) is 0 Å². The van der Waals surface area contributed by atoms with Gasteiger partial charge in [-0.25, -0.2) is 4.98 Å². The van der Waals surface area contributed by atoms with E-state index in [9.17, 15) is 0 Å². The summed E-state index contributed by atoms with van der Waals surface area (Å²) in [5, 5.41) is 1.35. The maximum absolute atomic E-state index is 4.46. The molecule has 0 unspecified atom stereocenters. The molecule has 0 radical (unpaired) electrons. The lowest BCUT2D eigenvalue weighted by molar-refractivity contribution is 0.716. The number of hydrogen-bond acceptors (Lipinski definition) is 1. The summed E-state index contributed by atoms with van der Waals surface area (Å²) >= 11 is 0. The highest BCUT2D eigenvalue weighted by Crippen LogP contribution is 2.21. The van der Waals surface area contributed by atoms with Crippen LogP contribution in [0.2, 0.25) is 0 Å². The van der Waals surface area contributed by atoms with Crippen LogP contribution in [-0.4, -0.2) is 14.1 Å². The highest BCUT2D eigenvalue weighted by Gasteiger charge is 2.07. The Morgan fingerprint density at radius 2 is 1.71 bits per heavy atom. The standard InChI is InChI=1S/C18H17N3/c1-20-12-14(15-6-2-4-8-17(15)20)10-11-21-13-19-16-7-3-5-9-18(16)21/h2-9,12-13H,10-11H2,1H3. The van der Waals surface area contributed by atoms with Crippen molar-refractivity contribution < 1.29 is 0 Å². The fraction of sp³-hybridized carbons (Fsp3) is 0.167. The van der Waals surface area contributed by atoms with Gasteiger partial charge in [0.15, 0.2) is 0 Å². The zero-order chi connectivity index (χ0) is 14.2. The summed E-state index contributed by atoms with van der Waals surface area (Å²) in [5.41, 5.74) is 4.96. The highest BCUT2D eigenvalue weighted by molar-refractivity contribution is 5.84. The van der Waals surface area contributed by atoms with E-state index in [1.807, 2.05) is 12.4 Å². The molecule has 0 amide bonds. The van der Waals surface area contributed by atoms with Gasteiger partial charge in [-0.3, -0.25) is 0 Å². The first-order valence-corrected chi connectivity index (χ1v) is 7.26. The van der Waals surface area contributed by atoms with Gasteiger partial charge in [-0.2, -0.15) is 0 Å². The van der Waals surface area contributed by atoms with Crippen molar-refractivity contribution in [2.45, 2.75) is 13.0 Å². The molecule has 0 aliphatic carbocycles. The third kappa shape index (κ3) is 2.02. The smallest absolute Gasteiger partial charge is 0.0958 e. The van der Waals surface area contributed by atoms with Crippen LogP contribution in [0.15, 0.2) is 61.1 Å². The van der Waals surface area contributed by atoms with Gasteiger partial charge in [-0.05, 0) is 30.2 Å². The molecule has 0 spiro atoms. The molecular weight excluding hydrogens is 258 g/mol. The van der Waals surface area contributed by atoms with Gasteiger partial charge in [0.25, 0.3) is 0 Å². The number of aryl methyl sites for hydroxylation is 3. The maximum Gasteiger partial charge on any atom is 0.0958 e. The molecule has 0 atom stereocenters. The van der Waals surface area contributed by atoms with Gasteiger partial charge < -0.3 is 9.13 Å². The van der Waals surface area contributed by atoms with Crippen LogP contribution in [0.4, 0.5) is 0 Å². The first-order chi connectivity index (χ1) is 10.3. The summed E-state index contributed by atoms with van der Waals surface area (Å²) < 4.78 is 4.44. The van der Waals surface area contributed by atoms with Crippen LogP contribution in [0.5, 0.6) is 0 Å². The third-order valence-electron chi connectivity index (χ3n) is 4.13. The molecule has 2 heterocycles. The fourth-order valence-electron chi connectivity index (χ4n) is 3.05. The van der Waals surface area contributed by atoms with E-state index < -0.39 is 0 Å². The monoisotopic (exact) mass is 275 g/mol. The molecule has 4 rings (SSSR count). The van der Waals surface area contributed by atoms with Gasteiger partial charge in [0.1, 0.15) is 0 Å². The van der Waals surface area contributed by atoms with Gasteiger partial charge in [-0.1, -0.05) is 30.3 Å². The molecule has 3 heteroatoms. The van der Waals surface area contributed by atoms with Gasteiger partial charge in [0.05, 0.1) is 17.4 Å². The molecule has 0 N–H and O–H groups in total. The number of nitrogens with zero attached hydrogens (tertiary/aromatic N) is 3. The van der Waals surface area contributed by atoms with Crippen LogP contribution < -0.4 is 0 Å². The van der Waals surface area contributed by atoms with E-state index in [2.05, 4.69) is 69.8 Å². The summed E-state index contributed by atoms with van der Waals surface area (Å²) in [7, 11) is 2.11. The summed E-state index contributed by atoms with van der Waals surface area (Å²) in [6.07, 6.45) is 5.20. The van der Waals surface area contributed by atoms with Crippen molar-refractivity contribution in [3.8, 4) is 0 Å². The lowest BCUT2D eigenvalue weighted by Gasteiger charge is -2.03. The van der Waals surface area contributed by atoms with E-state index in [1.165, 1.54) is 22.0 Å². The van der Waals surface area contributed by atoms with E-state index in [1.54, 1.807) is 0 Å². The third-order valence-corrected chi connectivity index (χ3v) is 4.13. The molecule has 4 aromatic rings. The van der Waals surface area contributed by atoms with E-state index in [0.29, 0.717) is 0 Å². The number of imidazole rings is 1. The molecule has 0 saturated carbocycles. The van der Waals surface area contributed by atoms with Crippen molar-refractivity contribution in [2.75, 3.05) is 0 Å². The van der Waals surface area contributed by atoms with Crippen LogP contribution in [0.25, 0.3) is 21.9 Å². The quantitative estimate of drug-likeness (QED) is 0.558. The second-order valence-corrected chi connectivity index (χ2v) is 5.46. The summed E-state index contributed by atoms with van der Waals surface area (Å²) in [6.45, 7) is 0.953. The first kappa shape index (κ1) is 12.2.